The summed E-state index contributed by atoms with van der Waals surface area (Å²) in [4.78, 5) is 11.0. The van der Waals surface area contributed by atoms with E-state index in [1.54, 1.807) is 13.3 Å². The zero-order chi connectivity index (χ0) is 15.5. The highest BCUT2D eigenvalue weighted by molar-refractivity contribution is 6.32. The van der Waals surface area contributed by atoms with Gasteiger partial charge in [0.1, 0.15) is 10.8 Å². The van der Waals surface area contributed by atoms with E-state index in [-0.39, 0.29) is 0 Å². The van der Waals surface area contributed by atoms with Gasteiger partial charge < -0.3 is 15.0 Å². The lowest BCUT2D eigenvalue weighted by molar-refractivity contribution is 0.299. The van der Waals surface area contributed by atoms with Crippen LogP contribution in [0.4, 0.5) is 11.8 Å². The number of anilines is 2. The summed E-state index contributed by atoms with van der Waals surface area (Å²) in [7, 11) is 3.69. The zero-order valence-electron chi connectivity index (χ0n) is 12.8. The van der Waals surface area contributed by atoms with Crippen LogP contribution in [0.5, 0.6) is 0 Å². The van der Waals surface area contributed by atoms with Crippen molar-refractivity contribution in [2.75, 3.05) is 24.4 Å². The largest absolute Gasteiger partial charge is 0.495 e. The van der Waals surface area contributed by atoms with E-state index in [0.717, 1.165) is 23.7 Å². The maximum atomic E-state index is 6.26. The number of hydrogen-bond donors (Lipinski definition) is 1. The van der Waals surface area contributed by atoms with E-state index < -0.39 is 0 Å². The quantitative estimate of drug-likeness (QED) is 0.899. The van der Waals surface area contributed by atoms with Gasteiger partial charge in [-0.05, 0) is 38.2 Å². The molecule has 0 amide bonds. The minimum absolute atomic E-state index is 0.526. The van der Waals surface area contributed by atoms with Crippen molar-refractivity contribution >= 4 is 23.4 Å². The summed E-state index contributed by atoms with van der Waals surface area (Å²) in [5.41, 5.74) is 0.879. The first-order valence-electron chi connectivity index (χ1n) is 7.49. The van der Waals surface area contributed by atoms with E-state index in [4.69, 9.17) is 16.3 Å². The second kappa shape index (κ2) is 6.57. The summed E-state index contributed by atoms with van der Waals surface area (Å²) in [5, 5.41) is 3.80. The van der Waals surface area contributed by atoms with Crippen molar-refractivity contribution in [3.05, 3.63) is 41.2 Å². The van der Waals surface area contributed by atoms with Crippen molar-refractivity contribution in [3.8, 4) is 0 Å². The molecule has 117 valence electrons. The summed E-state index contributed by atoms with van der Waals surface area (Å²) in [6.07, 6.45) is 12.2. The summed E-state index contributed by atoms with van der Waals surface area (Å²) in [6, 6.07) is 0.526. The van der Waals surface area contributed by atoms with E-state index in [9.17, 15) is 0 Å². The van der Waals surface area contributed by atoms with Gasteiger partial charge >= 0.3 is 0 Å². The normalized spacial score (nSPS) is 18.1. The van der Waals surface area contributed by atoms with E-state index >= 15 is 0 Å². The predicted octanol–water partition coefficient (Wildman–Crippen LogP) is 3.55. The molecular weight excluding hydrogens is 300 g/mol. The van der Waals surface area contributed by atoms with Crippen molar-refractivity contribution < 1.29 is 4.74 Å². The number of halogens is 1. The average Bonchev–Trinajstić information content (AvgIpc) is 2.48. The highest BCUT2D eigenvalue weighted by Gasteiger charge is 2.25. The molecule has 5 nitrogen and oxygen atoms in total. The van der Waals surface area contributed by atoms with Crippen LogP contribution in [0, 0.1) is 6.42 Å². The van der Waals surface area contributed by atoms with Crippen molar-refractivity contribution in [1.29, 1.82) is 0 Å². The smallest absolute Gasteiger partial charge is 0.229 e. The average molecular weight is 320 g/mol. The van der Waals surface area contributed by atoms with Gasteiger partial charge in [-0.3, -0.25) is 0 Å². The Bertz CT molecular complexity index is 610. The second-order valence-corrected chi connectivity index (χ2v) is 5.92. The lowest BCUT2D eigenvalue weighted by atomic mass is 9.92. The molecule has 6 heteroatoms. The Morgan fingerprint density at radius 1 is 1.41 bits per heavy atom. The molecule has 0 bridgehead atoms. The summed E-state index contributed by atoms with van der Waals surface area (Å²) < 4.78 is 5.35. The molecule has 1 heterocycles. The second-order valence-electron chi connectivity index (χ2n) is 5.51. The topological polar surface area (TPSA) is 50.3 Å². The van der Waals surface area contributed by atoms with E-state index in [1.807, 2.05) is 25.6 Å². The Labute approximate surface area is 136 Å². The molecule has 0 spiro atoms. The molecule has 0 aliphatic heterocycles. The number of hydrogen-bond acceptors (Lipinski definition) is 5. The number of methoxy groups -OCH3 is 1. The van der Waals surface area contributed by atoms with Crippen LogP contribution in [-0.4, -0.2) is 30.2 Å². The molecule has 22 heavy (non-hydrogen) atoms. The number of allylic oxidation sites excluding steroid dienone is 2. The molecule has 1 N–H and O–H groups in total. The monoisotopic (exact) mass is 319 g/mol. The standard InChI is InChI=1S/C16H20ClN4O/c1-21(11-6-5-7-11)15-12(17)10-18-16(20-15)19-13-8-3-4-9-14(13)22-2/h4,8-11H,3,5-7H2,1-2H3,(H,18,19,20). The summed E-state index contributed by atoms with van der Waals surface area (Å²) in [5.74, 6) is 2.08. The molecule has 1 saturated carbocycles. The number of nitrogens with one attached hydrogen (secondary N) is 1. The predicted molar refractivity (Wildman–Crippen MR) is 88.8 cm³/mol. The van der Waals surface area contributed by atoms with Gasteiger partial charge in [-0.25, -0.2) is 4.98 Å². The zero-order valence-corrected chi connectivity index (χ0v) is 13.6. The summed E-state index contributed by atoms with van der Waals surface area (Å²) >= 11 is 6.26. The Morgan fingerprint density at radius 2 is 2.23 bits per heavy atom. The molecule has 1 aromatic rings. The molecule has 0 saturated heterocycles. The summed E-state index contributed by atoms with van der Waals surface area (Å²) in [6.45, 7) is 0. The highest BCUT2D eigenvalue weighted by atomic mass is 35.5. The van der Waals surface area contributed by atoms with Crippen LogP contribution < -0.4 is 10.2 Å². The molecule has 1 aromatic heterocycles. The molecular formula is C16H20ClN4O. The minimum atomic E-state index is 0.526. The molecule has 2 aliphatic rings. The highest BCUT2D eigenvalue weighted by Crippen LogP contribution is 2.32. The van der Waals surface area contributed by atoms with Crippen LogP contribution in [0.25, 0.3) is 0 Å². The SMILES string of the molecule is COC1=C[CH]CC=C1Nc1ncc(Cl)c(N(C)C2CCC2)n1. The van der Waals surface area contributed by atoms with Gasteiger partial charge in [0, 0.05) is 13.1 Å². The van der Waals surface area contributed by atoms with Gasteiger partial charge in [0.2, 0.25) is 5.95 Å². The van der Waals surface area contributed by atoms with Gasteiger partial charge in [0.25, 0.3) is 0 Å². The van der Waals surface area contributed by atoms with Crippen LogP contribution in [-0.2, 0) is 4.74 Å². The van der Waals surface area contributed by atoms with E-state index in [1.165, 1.54) is 19.3 Å². The third kappa shape index (κ3) is 3.04. The van der Waals surface area contributed by atoms with E-state index in [0.29, 0.717) is 17.0 Å². The maximum Gasteiger partial charge on any atom is 0.229 e. The van der Waals surface area contributed by atoms with Crippen molar-refractivity contribution in [1.82, 2.24) is 9.97 Å². The van der Waals surface area contributed by atoms with Crippen LogP contribution in [0.15, 0.2) is 29.8 Å². The maximum absolute atomic E-state index is 6.26. The van der Waals surface area contributed by atoms with Crippen LogP contribution in [0.2, 0.25) is 5.02 Å². The van der Waals surface area contributed by atoms with Gasteiger partial charge in [0.05, 0.1) is 19.0 Å². The fourth-order valence-corrected chi connectivity index (χ4v) is 2.80. The Hall–Kier alpha value is -1.75. The first kappa shape index (κ1) is 15.2. The van der Waals surface area contributed by atoms with Crippen LogP contribution >= 0.6 is 11.6 Å². The Balaban J connectivity index is 1.80. The molecule has 1 fully saturated rings. The molecule has 0 atom stereocenters. The Morgan fingerprint density at radius 3 is 2.91 bits per heavy atom. The van der Waals surface area contributed by atoms with Crippen molar-refractivity contribution in [2.45, 2.75) is 31.7 Å². The first-order chi connectivity index (χ1) is 10.7. The van der Waals surface area contributed by atoms with Crippen LogP contribution in [0.1, 0.15) is 25.7 Å². The molecule has 2 aliphatic carbocycles. The number of nitrogens with zero attached hydrogens (tertiary/aromatic N) is 3. The third-order valence-corrected chi connectivity index (χ3v) is 4.41. The van der Waals surface area contributed by atoms with Crippen LogP contribution in [0.3, 0.4) is 0 Å². The van der Waals surface area contributed by atoms with Crippen molar-refractivity contribution in [3.63, 3.8) is 0 Å². The van der Waals surface area contributed by atoms with Gasteiger partial charge in [-0.1, -0.05) is 17.7 Å². The number of rotatable bonds is 5. The molecule has 0 unspecified atom stereocenters. The fraction of sp³-hybridized carbons (Fsp3) is 0.438. The molecule has 1 radical (unpaired) electrons. The molecule has 3 rings (SSSR count). The van der Waals surface area contributed by atoms with E-state index in [2.05, 4.69) is 20.2 Å². The number of ether oxygens (including phenoxy) is 1. The third-order valence-electron chi connectivity index (χ3n) is 4.14. The van der Waals surface area contributed by atoms with Gasteiger partial charge in [0.15, 0.2) is 5.82 Å². The van der Waals surface area contributed by atoms with Gasteiger partial charge in [-0.15, -0.1) is 0 Å². The molecule has 0 aromatic carbocycles. The lowest BCUT2D eigenvalue weighted by Crippen LogP contribution is -2.37. The Kier molecular flexibility index (Phi) is 4.52. The number of aromatic nitrogens is 2. The minimum Gasteiger partial charge on any atom is -0.495 e. The fourth-order valence-electron chi connectivity index (χ4n) is 2.58. The first-order valence-corrected chi connectivity index (χ1v) is 7.87. The lowest BCUT2D eigenvalue weighted by Gasteiger charge is -2.35. The van der Waals surface area contributed by atoms with Gasteiger partial charge in [-0.2, -0.15) is 4.98 Å². The van der Waals surface area contributed by atoms with Crippen molar-refractivity contribution in [2.24, 2.45) is 0 Å².